The molecule has 1 saturated heterocycles. The summed E-state index contributed by atoms with van der Waals surface area (Å²) in [6, 6.07) is -0.806. The van der Waals surface area contributed by atoms with E-state index >= 15 is 0 Å². The topological polar surface area (TPSA) is 58.2 Å². The smallest absolute Gasteiger partial charge is 0.322 e. The second-order valence-corrected chi connectivity index (χ2v) is 4.47. The molecule has 78 valence electrons. The summed E-state index contributed by atoms with van der Waals surface area (Å²) in [6.45, 7) is 0. The van der Waals surface area contributed by atoms with Crippen LogP contribution in [0.1, 0.15) is 25.7 Å². The van der Waals surface area contributed by atoms with Crippen molar-refractivity contribution in [1.29, 1.82) is 0 Å². The third kappa shape index (κ3) is 1.71. The highest BCUT2D eigenvalue weighted by Crippen LogP contribution is 2.31. The molecule has 2 rings (SSSR count). The lowest BCUT2D eigenvalue weighted by Gasteiger charge is -2.29. The van der Waals surface area contributed by atoms with Gasteiger partial charge in [0.25, 0.3) is 5.91 Å². The van der Waals surface area contributed by atoms with E-state index in [4.69, 9.17) is 11.6 Å². The first-order valence-electron chi connectivity index (χ1n) is 4.94. The van der Waals surface area contributed by atoms with Crippen molar-refractivity contribution in [3.63, 3.8) is 0 Å². The van der Waals surface area contributed by atoms with Gasteiger partial charge in [-0.05, 0) is 12.8 Å². The number of hydrogen-bond donors (Lipinski definition) is 2. The van der Waals surface area contributed by atoms with Crippen molar-refractivity contribution in [3.05, 3.63) is 0 Å². The largest absolute Gasteiger partial charge is 0.326 e. The molecule has 2 N–H and O–H groups in total. The van der Waals surface area contributed by atoms with Crippen molar-refractivity contribution in [2.24, 2.45) is 5.92 Å². The van der Waals surface area contributed by atoms with Crippen LogP contribution >= 0.6 is 11.6 Å². The fraction of sp³-hybridized carbons (Fsp3) is 0.778. The zero-order valence-corrected chi connectivity index (χ0v) is 8.51. The number of imide groups is 1. The predicted molar refractivity (Wildman–Crippen MR) is 52.1 cm³/mol. The molecule has 1 heterocycles. The van der Waals surface area contributed by atoms with Gasteiger partial charge in [0.05, 0.1) is 0 Å². The van der Waals surface area contributed by atoms with Gasteiger partial charge in [0.2, 0.25) is 0 Å². The first-order chi connectivity index (χ1) is 6.68. The second kappa shape index (κ2) is 3.77. The average Bonchev–Trinajstić information content (AvgIpc) is 2.46. The van der Waals surface area contributed by atoms with Gasteiger partial charge < -0.3 is 5.32 Å². The summed E-state index contributed by atoms with van der Waals surface area (Å²) in [5, 5.41) is 4.87. The maximum atomic E-state index is 11.4. The molecule has 14 heavy (non-hydrogen) atoms. The normalized spacial score (nSPS) is 37.9. The Kier molecular flexibility index (Phi) is 2.63. The molecule has 5 heteroatoms. The van der Waals surface area contributed by atoms with Crippen molar-refractivity contribution in [3.8, 4) is 0 Å². The van der Waals surface area contributed by atoms with Gasteiger partial charge in [-0.15, -0.1) is 11.6 Å². The number of rotatable bonds is 1. The van der Waals surface area contributed by atoms with Crippen molar-refractivity contribution < 1.29 is 9.59 Å². The Hall–Kier alpha value is -0.770. The number of alkyl halides is 1. The summed E-state index contributed by atoms with van der Waals surface area (Å²) >= 11 is 6.14. The molecule has 3 atom stereocenters. The van der Waals surface area contributed by atoms with Crippen LogP contribution in [0.4, 0.5) is 4.79 Å². The predicted octanol–water partition coefficient (Wildman–Crippen LogP) is 0.992. The van der Waals surface area contributed by atoms with E-state index in [1.54, 1.807) is 0 Å². The third-order valence-electron chi connectivity index (χ3n) is 2.97. The van der Waals surface area contributed by atoms with Crippen LogP contribution in [-0.2, 0) is 4.79 Å². The minimum Gasteiger partial charge on any atom is -0.326 e. The molecule has 0 spiro atoms. The zero-order valence-electron chi connectivity index (χ0n) is 7.75. The molecular weight excluding hydrogens is 204 g/mol. The summed E-state index contributed by atoms with van der Waals surface area (Å²) in [5.74, 6) is -0.135. The summed E-state index contributed by atoms with van der Waals surface area (Å²) in [7, 11) is 0. The number of carbonyl (C=O) groups excluding carboxylic acids is 2. The Bertz CT molecular complexity index is 270. The van der Waals surface area contributed by atoms with Crippen LogP contribution in [0.3, 0.4) is 0 Å². The Morgan fingerprint density at radius 1 is 1.21 bits per heavy atom. The van der Waals surface area contributed by atoms with Crippen molar-refractivity contribution in [1.82, 2.24) is 10.6 Å². The molecule has 2 fully saturated rings. The number of nitrogens with one attached hydrogen (secondary N) is 2. The lowest BCUT2D eigenvalue weighted by Crippen LogP contribution is -2.42. The van der Waals surface area contributed by atoms with Crippen LogP contribution in [0.25, 0.3) is 0 Å². The van der Waals surface area contributed by atoms with Gasteiger partial charge in [-0.2, -0.15) is 0 Å². The van der Waals surface area contributed by atoms with Crippen LogP contribution in [0.5, 0.6) is 0 Å². The highest BCUT2D eigenvalue weighted by atomic mass is 35.5. The van der Waals surface area contributed by atoms with Crippen LogP contribution in [0, 0.1) is 5.92 Å². The van der Waals surface area contributed by atoms with Gasteiger partial charge in [0.1, 0.15) is 6.04 Å². The van der Waals surface area contributed by atoms with Crippen molar-refractivity contribution in [2.45, 2.75) is 37.1 Å². The van der Waals surface area contributed by atoms with Crippen LogP contribution in [-0.4, -0.2) is 23.4 Å². The second-order valence-electron chi connectivity index (χ2n) is 3.90. The molecule has 0 aromatic rings. The van der Waals surface area contributed by atoms with E-state index < -0.39 is 12.1 Å². The summed E-state index contributed by atoms with van der Waals surface area (Å²) in [4.78, 5) is 22.3. The molecule has 1 aliphatic carbocycles. The highest BCUT2D eigenvalue weighted by molar-refractivity contribution is 6.21. The Morgan fingerprint density at radius 3 is 2.50 bits per heavy atom. The summed E-state index contributed by atoms with van der Waals surface area (Å²) < 4.78 is 0. The molecule has 2 aliphatic rings. The first kappa shape index (κ1) is 9.77. The Labute approximate surface area is 87.4 Å². The number of hydrogen-bond acceptors (Lipinski definition) is 2. The molecule has 0 radical (unpaired) electrons. The van der Waals surface area contributed by atoms with Gasteiger partial charge >= 0.3 is 6.03 Å². The Morgan fingerprint density at radius 2 is 1.93 bits per heavy atom. The van der Waals surface area contributed by atoms with E-state index in [0.29, 0.717) is 0 Å². The highest BCUT2D eigenvalue weighted by Gasteiger charge is 2.40. The summed E-state index contributed by atoms with van der Waals surface area (Å²) in [6.07, 6.45) is 4.07. The van der Waals surface area contributed by atoms with E-state index in [-0.39, 0.29) is 17.2 Å². The van der Waals surface area contributed by atoms with E-state index in [1.807, 2.05) is 0 Å². The first-order valence-corrected chi connectivity index (χ1v) is 5.37. The van der Waals surface area contributed by atoms with Crippen LogP contribution in [0.15, 0.2) is 0 Å². The van der Waals surface area contributed by atoms with E-state index in [9.17, 15) is 9.59 Å². The lowest BCUT2D eigenvalue weighted by atomic mass is 9.83. The minimum absolute atomic E-state index is 0.0119. The minimum atomic E-state index is -0.412. The molecule has 0 aromatic heterocycles. The van der Waals surface area contributed by atoms with Gasteiger partial charge in [-0.1, -0.05) is 12.8 Å². The summed E-state index contributed by atoms with van der Waals surface area (Å²) in [5.41, 5.74) is 0. The quantitative estimate of drug-likeness (QED) is 0.507. The van der Waals surface area contributed by atoms with E-state index in [0.717, 1.165) is 25.7 Å². The molecule has 1 aliphatic heterocycles. The molecule has 4 nitrogen and oxygen atoms in total. The fourth-order valence-electron chi connectivity index (χ4n) is 2.22. The van der Waals surface area contributed by atoms with Gasteiger partial charge in [0, 0.05) is 11.3 Å². The van der Waals surface area contributed by atoms with E-state index in [1.165, 1.54) is 0 Å². The number of halogens is 1. The van der Waals surface area contributed by atoms with Crippen molar-refractivity contribution >= 4 is 23.5 Å². The monoisotopic (exact) mass is 216 g/mol. The molecule has 3 amide bonds. The molecular formula is C9H13ClN2O2. The number of carbonyl (C=O) groups is 2. The molecule has 0 unspecified atom stereocenters. The molecule has 0 aromatic carbocycles. The Balaban J connectivity index is 2.06. The van der Waals surface area contributed by atoms with Crippen molar-refractivity contribution in [2.75, 3.05) is 0 Å². The van der Waals surface area contributed by atoms with Crippen LogP contribution in [0.2, 0.25) is 0 Å². The number of urea groups is 1. The van der Waals surface area contributed by atoms with Gasteiger partial charge in [0.15, 0.2) is 0 Å². The van der Waals surface area contributed by atoms with Gasteiger partial charge in [-0.3, -0.25) is 10.1 Å². The molecule has 0 bridgehead atoms. The standard InChI is InChI=1S/C9H13ClN2O2/c10-6-4-2-1-3-5(6)7-8(13)12-9(14)11-7/h5-7H,1-4H2,(H2,11,12,13,14)/t5-,6-,7+/m0/s1. The molecule has 1 saturated carbocycles. The maximum absolute atomic E-state index is 11.4. The average molecular weight is 217 g/mol. The van der Waals surface area contributed by atoms with E-state index in [2.05, 4.69) is 10.6 Å². The lowest BCUT2D eigenvalue weighted by molar-refractivity contribution is -0.121. The zero-order chi connectivity index (χ0) is 10.1. The van der Waals surface area contributed by atoms with Crippen LogP contribution < -0.4 is 10.6 Å². The number of amides is 3. The fourth-order valence-corrected chi connectivity index (χ4v) is 2.65. The third-order valence-corrected chi connectivity index (χ3v) is 3.51. The van der Waals surface area contributed by atoms with Gasteiger partial charge in [-0.25, -0.2) is 4.79 Å². The maximum Gasteiger partial charge on any atom is 0.322 e. The SMILES string of the molecule is O=C1NC(=O)[C@@H]([C@H]2CCCC[C@@H]2Cl)N1.